The number of carbonyl (C=O) groups is 1. The Balaban J connectivity index is 6.10. The summed E-state index contributed by atoms with van der Waals surface area (Å²) < 4.78 is 42.2. The van der Waals surface area contributed by atoms with E-state index in [4.69, 9.17) is 32.5 Å². The van der Waals surface area contributed by atoms with Gasteiger partial charge in [-0.05, 0) is 68.9 Å². The van der Waals surface area contributed by atoms with Crippen molar-refractivity contribution in [2.45, 2.75) is 136 Å². The molecule has 0 aliphatic heterocycles. The summed E-state index contributed by atoms with van der Waals surface area (Å²) in [5.41, 5.74) is 0. The van der Waals surface area contributed by atoms with Gasteiger partial charge < -0.3 is 32.5 Å². The first-order valence-corrected chi connectivity index (χ1v) is 21.7. The summed E-state index contributed by atoms with van der Waals surface area (Å²) in [6, 6.07) is 0. The van der Waals surface area contributed by atoms with Crippen LogP contribution in [0.25, 0.3) is 0 Å². The van der Waals surface area contributed by atoms with Gasteiger partial charge in [0.05, 0.1) is 13.2 Å². The summed E-state index contributed by atoms with van der Waals surface area (Å²) in [6.45, 7) is 33.1. The number of rotatable bonds is 21. The van der Waals surface area contributed by atoms with Gasteiger partial charge in [0.25, 0.3) is 0 Å². The van der Waals surface area contributed by atoms with E-state index in [0.29, 0.717) is 25.4 Å². The van der Waals surface area contributed by atoms with Crippen molar-refractivity contribution in [3.8, 4) is 0 Å². The molecule has 8 nitrogen and oxygen atoms in total. The number of methoxy groups -OCH3 is 4. The van der Waals surface area contributed by atoms with Gasteiger partial charge in [0.15, 0.2) is 22.4 Å². The Morgan fingerprint density at radius 1 is 0.818 bits per heavy atom. The van der Waals surface area contributed by atoms with E-state index >= 15 is 0 Å². The number of ether oxygens (including phenoxy) is 5. The van der Waals surface area contributed by atoms with Gasteiger partial charge in [-0.2, -0.15) is 0 Å². The van der Waals surface area contributed by atoms with Crippen LogP contribution in [-0.4, -0.2) is 81.7 Å². The molecule has 0 rings (SSSR count). The van der Waals surface area contributed by atoms with Gasteiger partial charge in [-0.25, -0.2) is 0 Å². The van der Waals surface area contributed by atoms with Crippen LogP contribution in [0.5, 0.6) is 0 Å². The van der Waals surface area contributed by atoms with Gasteiger partial charge in [0.1, 0.15) is 5.76 Å². The van der Waals surface area contributed by atoms with E-state index in [1.807, 2.05) is 26.8 Å². The van der Waals surface area contributed by atoms with Crippen molar-refractivity contribution in [2.75, 3.05) is 41.7 Å². The molecule has 3 atom stereocenters. The largest absolute Gasteiger partial charge is 0.501 e. The molecule has 0 aliphatic carbocycles. The molecule has 0 spiro atoms. The maximum atomic E-state index is 13.9. The van der Waals surface area contributed by atoms with Gasteiger partial charge in [0, 0.05) is 53.0 Å². The van der Waals surface area contributed by atoms with E-state index in [1.165, 1.54) is 20.3 Å². The van der Waals surface area contributed by atoms with Crippen molar-refractivity contribution in [3.05, 3.63) is 24.5 Å². The quantitative estimate of drug-likeness (QED) is 0.0399. The number of hydrogen-bond donors (Lipinski definition) is 0. The molecule has 3 unspecified atom stereocenters. The molecule has 44 heavy (non-hydrogen) atoms. The molecular formula is C34H68O8Si2. The summed E-state index contributed by atoms with van der Waals surface area (Å²) >= 11 is 0. The molecule has 0 aromatic heterocycles. The van der Waals surface area contributed by atoms with Gasteiger partial charge in [-0.15, -0.1) is 6.58 Å². The van der Waals surface area contributed by atoms with Crippen LogP contribution in [0.3, 0.4) is 0 Å². The first-order chi connectivity index (χ1) is 19.9. The predicted octanol–water partition coefficient (Wildman–Crippen LogP) is 8.49. The third kappa shape index (κ3) is 13.1. The SMILES string of the molecule is C=CC(CCO[Si](C)(C)C(C)(C)C)CC(CC(OC)(OC)C(=O)/C=C(/OC)C(C)CO[Si](C)(C)C(C)(C)C)OC(C)(C)OC. The topological polar surface area (TPSA) is 81.7 Å². The zero-order chi connectivity index (χ0) is 34.8. The van der Waals surface area contributed by atoms with Crippen LogP contribution in [0.15, 0.2) is 24.5 Å². The molecule has 0 aliphatic rings. The van der Waals surface area contributed by atoms with Gasteiger partial charge in [-0.1, -0.05) is 54.5 Å². The fourth-order valence-electron chi connectivity index (χ4n) is 4.10. The van der Waals surface area contributed by atoms with Crippen molar-refractivity contribution in [1.82, 2.24) is 0 Å². The monoisotopic (exact) mass is 660 g/mol. The minimum absolute atomic E-state index is 0.0753. The predicted molar refractivity (Wildman–Crippen MR) is 186 cm³/mol. The molecule has 10 heteroatoms. The van der Waals surface area contributed by atoms with E-state index in [2.05, 4.69) is 74.3 Å². The normalized spacial score (nSPS) is 16.4. The summed E-state index contributed by atoms with van der Waals surface area (Å²) in [7, 11) is 2.26. The van der Waals surface area contributed by atoms with Crippen molar-refractivity contribution < 1.29 is 37.3 Å². The highest BCUT2D eigenvalue weighted by Gasteiger charge is 2.43. The van der Waals surface area contributed by atoms with Gasteiger partial charge in [-0.3, -0.25) is 4.79 Å². The Hall–Kier alpha value is -0.856. The Labute approximate surface area is 272 Å². The minimum Gasteiger partial charge on any atom is -0.501 e. The minimum atomic E-state index is -1.97. The summed E-state index contributed by atoms with van der Waals surface area (Å²) in [5, 5.41) is 0.205. The summed E-state index contributed by atoms with van der Waals surface area (Å²) in [4.78, 5) is 13.9. The Kier molecular flexibility index (Phi) is 17.0. The van der Waals surface area contributed by atoms with E-state index in [0.717, 1.165) is 6.42 Å². The van der Waals surface area contributed by atoms with Crippen LogP contribution in [0.1, 0.15) is 81.6 Å². The molecule has 0 heterocycles. The van der Waals surface area contributed by atoms with Crippen LogP contribution >= 0.6 is 0 Å². The third-order valence-corrected chi connectivity index (χ3v) is 18.7. The highest BCUT2D eigenvalue weighted by Crippen LogP contribution is 2.38. The lowest BCUT2D eigenvalue weighted by molar-refractivity contribution is -0.258. The first-order valence-electron chi connectivity index (χ1n) is 15.9. The molecule has 0 aromatic rings. The van der Waals surface area contributed by atoms with Gasteiger partial charge in [0.2, 0.25) is 11.6 Å². The lowest BCUT2D eigenvalue weighted by Crippen LogP contribution is -2.47. The van der Waals surface area contributed by atoms with Crippen LogP contribution in [-0.2, 0) is 37.3 Å². The van der Waals surface area contributed by atoms with Crippen LogP contribution in [0.4, 0.5) is 0 Å². The fraction of sp³-hybridized carbons (Fsp3) is 0.853. The molecule has 0 aromatic carbocycles. The van der Waals surface area contributed by atoms with Crippen LogP contribution in [0, 0.1) is 11.8 Å². The highest BCUT2D eigenvalue weighted by atomic mass is 28.4. The molecule has 260 valence electrons. The van der Waals surface area contributed by atoms with E-state index in [9.17, 15) is 4.79 Å². The maximum Gasteiger partial charge on any atom is 0.235 e. The van der Waals surface area contributed by atoms with Crippen molar-refractivity contribution >= 4 is 22.4 Å². The smallest absolute Gasteiger partial charge is 0.235 e. The van der Waals surface area contributed by atoms with Crippen molar-refractivity contribution in [3.63, 3.8) is 0 Å². The third-order valence-electron chi connectivity index (χ3n) is 9.63. The standard InChI is InChI=1S/C34H68O8Si2/c1-19-27(20-21-40-43(15,16)31(3,4)5)22-28(42-33(9,10)37-12)24-34(38-13,39-14)30(35)23-29(36-11)26(2)25-41-44(17,18)32(6,7)8/h19,23,26-28H,1,20-22,24-25H2,2-18H3/b29-23+. The van der Waals surface area contributed by atoms with Crippen LogP contribution < -0.4 is 0 Å². The molecule has 0 bridgehead atoms. The second kappa shape index (κ2) is 17.3. The highest BCUT2D eigenvalue weighted by molar-refractivity contribution is 6.74. The molecule has 0 saturated heterocycles. The zero-order valence-electron chi connectivity index (χ0n) is 31.4. The average molecular weight is 661 g/mol. The van der Waals surface area contributed by atoms with Crippen molar-refractivity contribution in [2.24, 2.45) is 11.8 Å². The lowest BCUT2D eigenvalue weighted by Gasteiger charge is -2.38. The molecule has 0 radical (unpaired) electrons. The zero-order valence-corrected chi connectivity index (χ0v) is 33.4. The van der Waals surface area contributed by atoms with E-state index in [-0.39, 0.29) is 34.1 Å². The van der Waals surface area contributed by atoms with Gasteiger partial charge >= 0.3 is 0 Å². The van der Waals surface area contributed by atoms with E-state index in [1.54, 1.807) is 14.2 Å². The number of allylic oxidation sites excluding steroid dienone is 1. The molecule has 0 N–H and O–H groups in total. The Morgan fingerprint density at radius 3 is 1.73 bits per heavy atom. The second-order valence-corrected chi connectivity index (χ2v) is 25.0. The molecule has 0 fully saturated rings. The Bertz CT molecular complexity index is 911. The first kappa shape index (κ1) is 43.1. The number of hydrogen-bond acceptors (Lipinski definition) is 8. The van der Waals surface area contributed by atoms with Crippen molar-refractivity contribution in [1.29, 1.82) is 0 Å². The fourth-order valence-corrected chi connectivity index (χ4v) is 6.26. The summed E-state index contributed by atoms with van der Waals surface area (Å²) in [5.74, 6) is -2.41. The number of carbonyl (C=O) groups excluding carboxylic acids is 1. The van der Waals surface area contributed by atoms with Crippen LogP contribution in [0.2, 0.25) is 36.3 Å². The molecular weight excluding hydrogens is 593 g/mol. The van der Waals surface area contributed by atoms with E-state index < -0.39 is 34.3 Å². The lowest BCUT2D eigenvalue weighted by atomic mass is 9.92. The second-order valence-electron chi connectivity index (χ2n) is 15.4. The number of ketones is 1. The Morgan fingerprint density at radius 2 is 1.32 bits per heavy atom. The average Bonchev–Trinajstić information content (AvgIpc) is 2.90. The maximum absolute atomic E-state index is 13.9. The molecule has 0 amide bonds. The molecule has 0 saturated carbocycles. The summed E-state index contributed by atoms with van der Waals surface area (Å²) in [6.07, 6.45) is 4.45.